The predicted octanol–water partition coefficient (Wildman–Crippen LogP) is 4.71. The summed E-state index contributed by atoms with van der Waals surface area (Å²) in [6.45, 7) is 0. The molecule has 116 valence electrons. The van der Waals surface area contributed by atoms with Gasteiger partial charge in [0, 0.05) is 5.56 Å². The molecule has 2 aromatic carbocycles. The molecule has 3 rings (SSSR count). The van der Waals surface area contributed by atoms with E-state index in [1.807, 2.05) is 6.07 Å². The van der Waals surface area contributed by atoms with E-state index in [1.54, 1.807) is 54.6 Å². The van der Waals surface area contributed by atoms with Crippen molar-refractivity contribution in [2.45, 2.75) is 6.36 Å². The molecule has 0 radical (unpaired) electrons. The van der Waals surface area contributed by atoms with Crippen LogP contribution < -0.4 is 4.74 Å². The predicted molar refractivity (Wildman–Crippen MR) is 79.6 cm³/mol. The summed E-state index contributed by atoms with van der Waals surface area (Å²) in [5, 5.41) is 7.67. The van der Waals surface area contributed by atoms with Gasteiger partial charge in [-0.05, 0) is 5.56 Å². The summed E-state index contributed by atoms with van der Waals surface area (Å²) in [6.07, 6.45) is -3.83. The molecule has 0 aliphatic rings. The zero-order valence-corrected chi connectivity index (χ0v) is 11.8. The SMILES string of the molecule is FC(F)(F)Oc1cnnc(-c2ccccc2)c1-c1ccccc1. The molecule has 0 aliphatic heterocycles. The van der Waals surface area contributed by atoms with Crippen LogP contribution in [0.5, 0.6) is 5.75 Å². The van der Waals surface area contributed by atoms with Crippen LogP contribution in [0, 0.1) is 0 Å². The van der Waals surface area contributed by atoms with Gasteiger partial charge < -0.3 is 4.74 Å². The Bertz CT molecular complexity index is 790. The summed E-state index contributed by atoms with van der Waals surface area (Å²) in [5.74, 6) is -0.377. The monoisotopic (exact) mass is 316 g/mol. The lowest BCUT2D eigenvalue weighted by Gasteiger charge is -2.15. The van der Waals surface area contributed by atoms with Gasteiger partial charge in [0.15, 0.2) is 5.75 Å². The van der Waals surface area contributed by atoms with Crippen molar-refractivity contribution in [1.82, 2.24) is 10.2 Å². The van der Waals surface area contributed by atoms with Gasteiger partial charge in [-0.15, -0.1) is 18.3 Å². The first-order chi connectivity index (χ1) is 11.0. The molecule has 3 aromatic rings. The van der Waals surface area contributed by atoms with Gasteiger partial charge in [-0.3, -0.25) is 0 Å². The third kappa shape index (κ3) is 3.48. The molecule has 0 atom stereocenters. The normalized spacial score (nSPS) is 11.3. The quantitative estimate of drug-likeness (QED) is 0.702. The van der Waals surface area contributed by atoms with Crippen molar-refractivity contribution < 1.29 is 17.9 Å². The number of alkyl halides is 3. The van der Waals surface area contributed by atoms with E-state index in [2.05, 4.69) is 14.9 Å². The minimum Gasteiger partial charge on any atom is -0.403 e. The van der Waals surface area contributed by atoms with Crippen LogP contribution in [0.25, 0.3) is 22.4 Å². The number of halogens is 3. The Morgan fingerprint density at radius 3 is 1.91 bits per heavy atom. The van der Waals surface area contributed by atoms with Crippen LogP contribution >= 0.6 is 0 Å². The highest BCUT2D eigenvalue weighted by atomic mass is 19.4. The fourth-order valence-corrected chi connectivity index (χ4v) is 2.25. The minimum atomic E-state index is -4.81. The Balaban J connectivity index is 2.22. The third-order valence-corrected chi connectivity index (χ3v) is 3.15. The second kappa shape index (κ2) is 6.08. The van der Waals surface area contributed by atoms with Crippen molar-refractivity contribution in [2.75, 3.05) is 0 Å². The van der Waals surface area contributed by atoms with E-state index in [0.29, 0.717) is 16.8 Å². The Morgan fingerprint density at radius 1 is 0.783 bits per heavy atom. The smallest absolute Gasteiger partial charge is 0.403 e. The number of nitrogens with zero attached hydrogens (tertiary/aromatic N) is 2. The summed E-state index contributed by atoms with van der Waals surface area (Å²) in [7, 11) is 0. The first kappa shape index (κ1) is 15.0. The number of ether oxygens (including phenoxy) is 1. The van der Waals surface area contributed by atoms with Crippen molar-refractivity contribution in [3.8, 4) is 28.1 Å². The van der Waals surface area contributed by atoms with E-state index in [0.717, 1.165) is 6.20 Å². The Hall–Kier alpha value is -2.89. The van der Waals surface area contributed by atoms with Crippen LogP contribution in [0.3, 0.4) is 0 Å². The molecule has 0 spiro atoms. The molecular formula is C17H11F3N2O. The molecule has 3 nitrogen and oxygen atoms in total. The van der Waals surface area contributed by atoms with Gasteiger partial charge in [-0.2, -0.15) is 5.10 Å². The molecule has 6 heteroatoms. The van der Waals surface area contributed by atoms with Crippen molar-refractivity contribution in [3.63, 3.8) is 0 Å². The largest absolute Gasteiger partial charge is 0.573 e. The zero-order valence-electron chi connectivity index (χ0n) is 11.8. The molecule has 0 saturated carbocycles. The van der Waals surface area contributed by atoms with Crippen LogP contribution in [-0.2, 0) is 0 Å². The summed E-state index contributed by atoms with van der Waals surface area (Å²) in [6, 6.07) is 17.6. The van der Waals surface area contributed by atoms with Gasteiger partial charge in [0.1, 0.15) is 5.69 Å². The van der Waals surface area contributed by atoms with Crippen molar-refractivity contribution >= 4 is 0 Å². The summed E-state index contributed by atoms with van der Waals surface area (Å²) < 4.78 is 42.2. The number of rotatable bonds is 3. The topological polar surface area (TPSA) is 35.0 Å². The number of hydrogen-bond donors (Lipinski definition) is 0. The van der Waals surface area contributed by atoms with E-state index >= 15 is 0 Å². The van der Waals surface area contributed by atoms with Crippen LogP contribution in [0.4, 0.5) is 13.2 Å². The van der Waals surface area contributed by atoms with Crippen molar-refractivity contribution in [3.05, 3.63) is 66.9 Å². The van der Waals surface area contributed by atoms with Crippen molar-refractivity contribution in [2.24, 2.45) is 0 Å². The first-order valence-electron chi connectivity index (χ1n) is 6.77. The highest BCUT2D eigenvalue weighted by molar-refractivity contribution is 5.84. The van der Waals surface area contributed by atoms with Gasteiger partial charge in [-0.25, -0.2) is 0 Å². The molecular weight excluding hydrogens is 305 g/mol. The lowest BCUT2D eigenvalue weighted by molar-refractivity contribution is -0.274. The summed E-state index contributed by atoms with van der Waals surface area (Å²) >= 11 is 0. The molecule has 0 N–H and O–H groups in total. The number of aromatic nitrogens is 2. The van der Waals surface area contributed by atoms with Crippen LogP contribution in [0.1, 0.15) is 0 Å². The third-order valence-electron chi connectivity index (χ3n) is 3.15. The minimum absolute atomic E-state index is 0.254. The zero-order chi connectivity index (χ0) is 16.3. The Kier molecular flexibility index (Phi) is 3.97. The van der Waals surface area contributed by atoms with Gasteiger partial charge in [-0.1, -0.05) is 60.7 Å². The van der Waals surface area contributed by atoms with Gasteiger partial charge in [0.05, 0.1) is 11.8 Å². The van der Waals surface area contributed by atoms with Crippen molar-refractivity contribution in [1.29, 1.82) is 0 Å². The Morgan fingerprint density at radius 2 is 1.35 bits per heavy atom. The maximum atomic E-state index is 12.7. The van der Waals surface area contributed by atoms with Crippen LogP contribution in [0.15, 0.2) is 66.9 Å². The lowest BCUT2D eigenvalue weighted by atomic mass is 9.99. The molecule has 0 amide bonds. The van der Waals surface area contributed by atoms with Crippen LogP contribution in [0.2, 0.25) is 0 Å². The molecule has 0 saturated heterocycles. The van der Waals surface area contributed by atoms with Gasteiger partial charge in [0.2, 0.25) is 0 Å². The van der Waals surface area contributed by atoms with E-state index in [4.69, 9.17) is 0 Å². The van der Waals surface area contributed by atoms with E-state index in [1.165, 1.54) is 0 Å². The van der Waals surface area contributed by atoms with E-state index in [9.17, 15) is 13.2 Å². The lowest BCUT2D eigenvalue weighted by Crippen LogP contribution is -2.18. The fourth-order valence-electron chi connectivity index (χ4n) is 2.25. The van der Waals surface area contributed by atoms with E-state index < -0.39 is 6.36 Å². The maximum absolute atomic E-state index is 12.7. The summed E-state index contributed by atoms with van der Waals surface area (Å²) in [5.41, 5.74) is 1.81. The molecule has 0 fully saturated rings. The van der Waals surface area contributed by atoms with E-state index in [-0.39, 0.29) is 11.3 Å². The highest BCUT2D eigenvalue weighted by Crippen LogP contribution is 2.39. The molecule has 0 aliphatic carbocycles. The second-order valence-electron chi connectivity index (χ2n) is 4.71. The Labute approximate surface area is 130 Å². The maximum Gasteiger partial charge on any atom is 0.573 e. The highest BCUT2D eigenvalue weighted by Gasteiger charge is 2.33. The average Bonchev–Trinajstić information content (AvgIpc) is 2.55. The molecule has 1 aromatic heterocycles. The fraction of sp³-hybridized carbons (Fsp3) is 0.0588. The van der Waals surface area contributed by atoms with Gasteiger partial charge in [0.25, 0.3) is 0 Å². The summed E-state index contributed by atoms with van der Waals surface area (Å²) in [4.78, 5) is 0. The number of hydrogen-bond acceptors (Lipinski definition) is 3. The average molecular weight is 316 g/mol. The number of benzene rings is 2. The molecule has 0 bridgehead atoms. The molecule has 0 unspecified atom stereocenters. The standard InChI is InChI=1S/C17H11F3N2O/c18-17(19,20)23-14-11-21-22-16(13-9-5-2-6-10-13)15(14)12-7-3-1-4-8-12/h1-11H. The molecule has 23 heavy (non-hydrogen) atoms. The van der Waals surface area contributed by atoms with Crippen LogP contribution in [-0.4, -0.2) is 16.6 Å². The first-order valence-corrected chi connectivity index (χ1v) is 6.77. The molecule has 1 heterocycles. The second-order valence-corrected chi connectivity index (χ2v) is 4.71. The van der Waals surface area contributed by atoms with Gasteiger partial charge >= 0.3 is 6.36 Å².